The van der Waals surface area contributed by atoms with Crippen LogP contribution in [0.4, 0.5) is 5.69 Å². The number of benzene rings is 1. The highest BCUT2D eigenvalue weighted by Crippen LogP contribution is 2.29. The number of carbonyl (C=O) groups is 1. The lowest BCUT2D eigenvalue weighted by Gasteiger charge is -2.34. The van der Waals surface area contributed by atoms with Gasteiger partial charge in [0.15, 0.2) is 6.29 Å². The first-order valence-electron chi connectivity index (χ1n) is 7.52. The molecule has 0 unspecified atom stereocenters. The smallest absolute Gasteiger partial charge is 0.283 e. The number of piperidine rings is 1. The largest absolute Gasteiger partial charge is 0.350 e. The van der Waals surface area contributed by atoms with E-state index in [2.05, 4.69) is 0 Å². The van der Waals surface area contributed by atoms with Crippen LogP contribution >= 0.6 is 11.6 Å². The average Bonchev–Trinajstić information content (AvgIpc) is 3.09. The third-order valence-electron chi connectivity index (χ3n) is 4.16. The summed E-state index contributed by atoms with van der Waals surface area (Å²) < 4.78 is 11.0. The van der Waals surface area contributed by atoms with Crippen LogP contribution in [-0.2, 0) is 9.47 Å². The molecule has 0 spiro atoms. The predicted molar refractivity (Wildman–Crippen MR) is 82.4 cm³/mol. The van der Waals surface area contributed by atoms with Crippen molar-refractivity contribution in [3.05, 3.63) is 38.9 Å². The number of nitro benzene ring substituents is 1. The van der Waals surface area contributed by atoms with Crippen molar-refractivity contribution in [1.29, 1.82) is 0 Å². The number of carbonyl (C=O) groups excluding carboxylic acids is 1. The predicted octanol–water partition coefficient (Wildman–Crippen LogP) is 2.47. The molecule has 3 rings (SSSR count). The molecule has 0 bridgehead atoms. The monoisotopic (exact) mass is 340 g/mol. The first kappa shape index (κ1) is 16.2. The lowest BCUT2D eigenvalue weighted by Crippen LogP contribution is -2.44. The maximum absolute atomic E-state index is 12.7. The minimum absolute atomic E-state index is 0.0632. The Labute approximate surface area is 138 Å². The van der Waals surface area contributed by atoms with Gasteiger partial charge in [-0.3, -0.25) is 14.9 Å². The van der Waals surface area contributed by atoms with Crippen LogP contribution in [0.2, 0.25) is 5.02 Å². The van der Waals surface area contributed by atoms with Crippen LogP contribution in [0.25, 0.3) is 0 Å². The van der Waals surface area contributed by atoms with Crippen molar-refractivity contribution in [1.82, 2.24) is 4.90 Å². The maximum Gasteiger partial charge on any atom is 0.283 e. The molecule has 0 aromatic heterocycles. The molecule has 0 radical (unpaired) electrons. The van der Waals surface area contributed by atoms with Gasteiger partial charge in [-0.05, 0) is 25.0 Å². The second-order valence-corrected chi connectivity index (χ2v) is 6.12. The SMILES string of the molecule is O=C(c1ccc(Cl)cc1[N+](=O)[O-])N1CCC[C@H](C2OCCO2)C1. The molecular formula is C15H17ClN2O5. The van der Waals surface area contributed by atoms with Gasteiger partial charge in [0.2, 0.25) is 0 Å². The Kier molecular flexibility index (Phi) is 4.79. The molecule has 2 aliphatic rings. The first-order chi connectivity index (χ1) is 11.1. The highest BCUT2D eigenvalue weighted by atomic mass is 35.5. The van der Waals surface area contributed by atoms with Gasteiger partial charge in [0.05, 0.1) is 18.1 Å². The van der Waals surface area contributed by atoms with E-state index in [1.165, 1.54) is 18.2 Å². The second-order valence-electron chi connectivity index (χ2n) is 5.68. The van der Waals surface area contributed by atoms with Gasteiger partial charge in [0, 0.05) is 30.1 Å². The van der Waals surface area contributed by atoms with E-state index >= 15 is 0 Å². The molecule has 1 aromatic carbocycles. The Balaban J connectivity index is 1.78. The Hall–Kier alpha value is -1.70. The number of nitro groups is 1. The van der Waals surface area contributed by atoms with E-state index in [1.54, 1.807) is 4.90 Å². The maximum atomic E-state index is 12.7. The summed E-state index contributed by atoms with van der Waals surface area (Å²) in [5.74, 6) is -0.252. The number of likely N-dealkylation sites (tertiary alicyclic amines) is 1. The van der Waals surface area contributed by atoms with Gasteiger partial charge in [0.1, 0.15) is 5.56 Å². The summed E-state index contributed by atoms with van der Waals surface area (Å²) in [6, 6.07) is 4.11. The fraction of sp³-hybridized carbons (Fsp3) is 0.533. The van der Waals surface area contributed by atoms with E-state index in [0.717, 1.165) is 12.8 Å². The zero-order valence-corrected chi connectivity index (χ0v) is 13.2. The third-order valence-corrected chi connectivity index (χ3v) is 4.40. The van der Waals surface area contributed by atoms with Gasteiger partial charge in [-0.1, -0.05) is 11.6 Å². The lowest BCUT2D eigenvalue weighted by molar-refractivity contribution is -0.385. The number of hydrogen-bond donors (Lipinski definition) is 0. The highest BCUT2D eigenvalue weighted by Gasteiger charge is 2.34. The standard InChI is InChI=1S/C15H17ClN2O5/c16-11-3-4-12(13(8-11)18(20)21)14(19)17-5-1-2-10(9-17)15-22-6-7-23-15/h3-4,8,10,15H,1-2,5-7,9H2/t10-/m0/s1. The van der Waals surface area contributed by atoms with E-state index in [-0.39, 0.29) is 34.4 Å². The Morgan fingerprint density at radius 1 is 1.35 bits per heavy atom. The normalized spacial score (nSPS) is 22.3. The van der Waals surface area contributed by atoms with Gasteiger partial charge in [-0.2, -0.15) is 0 Å². The number of nitrogens with zero attached hydrogens (tertiary/aromatic N) is 2. The van der Waals surface area contributed by atoms with Crippen LogP contribution < -0.4 is 0 Å². The summed E-state index contributed by atoms with van der Waals surface area (Å²) in [6.07, 6.45) is 1.45. The lowest BCUT2D eigenvalue weighted by atomic mass is 9.96. The molecule has 7 nitrogen and oxygen atoms in total. The molecular weight excluding hydrogens is 324 g/mol. The molecule has 8 heteroatoms. The Bertz CT molecular complexity index is 618. The molecule has 0 aliphatic carbocycles. The van der Waals surface area contributed by atoms with Gasteiger partial charge in [0.25, 0.3) is 11.6 Å². The molecule has 23 heavy (non-hydrogen) atoms. The summed E-state index contributed by atoms with van der Waals surface area (Å²) in [5, 5.41) is 11.4. The van der Waals surface area contributed by atoms with Gasteiger partial charge in [-0.15, -0.1) is 0 Å². The van der Waals surface area contributed by atoms with Crippen LogP contribution in [0, 0.1) is 16.0 Å². The van der Waals surface area contributed by atoms with Crippen LogP contribution in [0.5, 0.6) is 0 Å². The molecule has 1 amide bonds. The van der Waals surface area contributed by atoms with Crippen molar-refractivity contribution in [2.45, 2.75) is 19.1 Å². The summed E-state index contributed by atoms with van der Waals surface area (Å²) in [4.78, 5) is 24.9. The van der Waals surface area contributed by atoms with Gasteiger partial charge in [-0.25, -0.2) is 0 Å². The van der Waals surface area contributed by atoms with E-state index in [0.29, 0.717) is 26.3 Å². The topological polar surface area (TPSA) is 81.9 Å². The zero-order chi connectivity index (χ0) is 16.4. The molecule has 1 aromatic rings. The Morgan fingerprint density at radius 2 is 2.09 bits per heavy atom. The fourth-order valence-corrected chi connectivity index (χ4v) is 3.24. The molecule has 124 valence electrons. The minimum Gasteiger partial charge on any atom is -0.350 e. The molecule has 1 atom stereocenters. The molecule has 2 fully saturated rings. The molecule has 2 heterocycles. The van der Waals surface area contributed by atoms with E-state index in [9.17, 15) is 14.9 Å². The van der Waals surface area contributed by atoms with Crippen molar-refractivity contribution in [3.8, 4) is 0 Å². The third kappa shape index (κ3) is 3.46. The van der Waals surface area contributed by atoms with Crippen molar-refractivity contribution in [2.75, 3.05) is 26.3 Å². The number of ether oxygens (including phenoxy) is 2. The molecule has 2 aliphatic heterocycles. The quantitative estimate of drug-likeness (QED) is 0.623. The van der Waals surface area contributed by atoms with Gasteiger partial charge < -0.3 is 14.4 Å². The van der Waals surface area contributed by atoms with E-state index < -0.39 is 4.92 Å². The number of amides is 1. The first-order valence-corrected chi connectivity index (χ1v) is 7.90. The molecule has 0 saturated carbocycles. The van der Waals surface area contributed by atoms with Gasteiger partial charge >= 0.3 is 0 Å². The van der Waals surface area contributed by atoms with Crippen LogP contribution in [0.3, 0.4) is 0 Å². The average molecular weight is 341 g/mol. The zero-order valence-electron chi connectivity index (χ0n) is 12.4. The van der Waals surface area contributed by atoms with Crippen molar-refractivity contribution in [3.63, 3.8) is 0 Å². The van der Waals surface area contributed by atoms with Crippen molar-refractivity contribution in [2.24, 2.45) is 5.92 Å². The van der Waals surface area contributed by atoms with Crippen molar-refractivity contribution < 1.29 is 19.2 Å². The van der Waals surface area contributed by atoms with Crippen LogP contribution in [0.1, 0.15) is 23.2 Å². The highest BCUT2D eigenvalue weighted by molar-refractivity contribution is 6.31. The van der Waals surface area contributed by atoms with E-state index in [4.69, 9.17) is 21.1 Å². The van der Waals surface area contributed by atoms with Crippen LogP contribution in [-0.4, -0.2) is 48.3 Å². The minimum atomic E-state index is -0.580. The summed E-state index contributed by atoms with van der Waals surface area (Å²) in [7, 11) is 0. The van der Waals surface area contributed by atoms with Crippen molar-refractivity contribution >= 4 is 23.2 Å². The number of hydrogen-bond acceptors (Lipinski definition) is 5. The Morgan fingerprint density at radius 3 is 2.78 bits per heavy atom. The second kappa shape index (κ2) is 6.82. The van der Waals surface area contributed by atoms with Crippen LogP contribution in [0.15, 0.2) is 18.2 Å². The van der Waals surface area contributed by atoms with E-state index in [1.807, 2.05) is 0 Å². The number of halogens is 1. The molecule has 0 N–H and O–H groups in total. The summed E-state index contributed by atoms with van der Waals surface area (Å²) >= 11 is 5.80. The fourth-order valence-electron chi connectivity index (χ4n) is 3.07. The summed E-state index contributed by atoms with van der Waals surface area (Å²) in [5.41, 5.74) is -0.203. The molecule has 2 saturated heterocycles. The number of rotatable bonds is 3. The summed E-state index contributed by atoms with van der Waals surface area (Å²) in [6.45, 7) is 2.18.